The van der Waals surface area contributed by atoms with E-state index >= 15 is 0 Å². The summed E-state index contributed by atoms with van der Waals surface area (Å²) in [5.74, 6) is 2.92. The molecule has 0 N–H and O–H groups in total. The van der Waals surface area contributed by atoms with Crippen molar-refractivity contribution in [3.63, 3.8) is 0 Å². The zero-order chi connectivity index (χ0) is 31.6. The third kappa shape index (κ3) is 4.27. The molecule has 0 saturated heterocycles. The minimum atomic E-state index is 0.723. The van der Waals surface area contributed by atoms with Gasteiger partial charge >= 0.3 is 0 Å². The van der Waals surface area contributed by atoms with Gasteiger partial charge in [-0.2, -0.15) is 0 Å². The molecule has 0 aromatic heterocycles. The molecule has 0 spiro atoms. The molecule has 0 amide bonds. The Hall–Kier alpha value is -6.38. The van der Waals surface area contributed by atoms with Crippen LogP contribution in [0.1, 0.15) is 0 Å². The molecule has 9 aromatic rings. The molecule has 1 aliphatic heterocycles. The van der Waals surface area contributed by atoms with Crippen molar-refractivity contribution < 1.29 is 9.47 Å². The first-order valence-corrected chi connectivity index (χ1v) is 16.3. The first-order valence-electron chi connectivity index (χ1n) is 16.3. The largest absolute Gasteiger partial charge is 0.449 e. The van der Waals surface area contributed by atoms with Gasteiger partial charge in [0.05, 0.1) is 0 Å². The lowest BCUT2D eigenvalue weighted by molar-refractivity contribution is 0.360. The molecule has 9 aromatic carbocycles. The lowest BCUT2D eigenvalue weighted by atomic mass is 9.85. The standard InChI is InChI=1S/C46H28O2/c1-2-10-32-25-36(22-19-29(32)9-1)46-39-15-7-5-13-37(39)45(38-14-6-8-16-40(38)46)31-20-17-30(18-21-31)35-23-24-41-42(28-35)48-44-27-34-12-4-3-11-33(34)26-43(44)47-41/h1-28H. The molecule has 1 heterocycles. The molecule has 0 atom stereocenters. The van der Waals surface area contributed by atoms with E-state index in [9.17, 15) is 0 Å². The predicted molar refractivity (Wildman–Crippen MR) is 199 cm³/mol. The van der Waals surface area contributed by atoms with Crippen LogP contribution in [0.15, 0.2) is 170 Å². The van der Waals surface area contributed by atoms with Gasteiger partial charge in [0, 0.05) is 0 Å². The first-order chi connectivity index (χ1) is 23.8. The minimum Gasteiger partial charge on any atom is -0.449 e. The van der Waals surface area contributed by atoms with Crippen molar-refractivity contribution in [2.75, 3.05) is 0 Å². The highest BCUT2D eigenvalue weighted by molar-refractivity contribution is 6.21. The van der Waals surface area contributed by atoms with E-state index in [1.165, 1.54) is 54.6 Å². The Morgan fingerprint density at radius 2 is 0.667 bits per heavy atom. The van der Waals surface area contributed by atoms with E-state index in [0.717, 1.165) is 44.9 Å². The van der Waals surface area contributed by atoms with E-state index in [-0.39, 0.29) is 0 Å². The molecule has 48 heavy (non-hydrogen) atoms. The predicted octanol–water partition coefficient (Wildman–Crippen LogP) is 13.2. The molecule has 10 rings (SSSR count). The molecule has 0 bridgehead atoms. The van der Waals surface area contributed by atoms with Crippen LogP contribution in [0.4, 0.5) is 0 Å². The van der Waals surface area contributed by atoms with E-state index in [1.807, 2.05) is 24.3 Å². The van der Waals surface area contributed by atoms with Gasteiger partial charge in [-0.3, -0.25) is 0 Å². The average molecular weight is 613 g/mol. The third-order valence-electron chi connectivity index (χ3n) is 9.67. The van der Waals surface area contributed by atoms with E-state index < -0.39 is 0 Å². The fraction of sp³-hybridized carbons (Fsp3) is 0. The topological polar surface area (TPSA) is 18.5 Å². The van der Waals surface area contributed by atoms with Gasteiger partial charge in [0.2, 0.25) is 0 Å². The summed E-state index contributed by atoms with van der Waals surface area (Å²) in [6.45, 7) is 0. The molecule has 0 radical (unpaired) electrons. The van der Waals surface area contributed by atoms with Gasteiger partial charge < -0.3 is 9.47 Å². The highest BCUT2D eigenvalue weighted by Crippen LogP contribution is 2.48. The van der Waals surface area contributed by atoms with Crippen LogP contribution in [0.25, 0.3) is 76.5 Å². The summed E-state index contributed by atoms with van der Waals surface area (Å²) in [6, 6.07) is 60.5. The van der Waals surface area contributed by atoms with Gasteiger partial charge in [-0.25, -0.2) is 0 Å². The number of rotatable bonds is 3. The van der Waals surface area contributed by atoms with E-state index in [2.05, 4.69) is 146 Å². The van der Waals surface area contributed by atoms with Gasteiger partial charge in [0.15, 0.2) is 23.0 Å². The van der Waals surface area contributed by atoms with E-state index in [0.29, 0.717) is 0 Å². The van der Waals surface area contributed by atoms with E-state index in [4.69, 9.17) is 9.47 Å². The maximum atomic E-state index is 6.38. The van der Waals surface area contributed by atoms with Gasteiger partial charge in [0.25, 0.3) is 0 Å². The Morgan fingerprint density at radius 1 is 0.250 bits per heavy atom. The Morgan fingerprint density at radius 3 is 1.27 bits per heavy atom. The van der Waals surface area contributed by atoms with E-state index in [1.54, 1.807) is 0 Å². The normalized spacial score (nSPS) is 12.1. The third-order valence-corrected chi connectivity index (χ3v) is 9.67. The van der Waals surface area contributed by atoms with Crippen molar-refractivity contribution in [1.29, 1.82) is 0 Å². The van der Waals surface area contributed by atoms with Crippen LogP contribution in [0.3, 0.4) is 0 Å². The van der Waals surface area contributed by atoms with Crippen molar-refractivity contribution in [3.8, 4) is 56.4 Å². The lowest BCUT2D eigenvalue weighted by Gasteiger charge is -2.22. The van der Waals surface area contributed by atoms with Crippen LogP contribution < -0.4 is 9.47 Å². The Balaban J connectivity index is 1.06. The minimum absolute atomic E-state index is 0.723. The van der Waals surface area contributed by atoms with Gasteiger partial charge in [-0.15, -0.1) is 0 Å². The Kier molecular flexibility index (Phi) is 5.91. The molecule has 0 aliphatic carbocycles. The van der Waals surface area contributed by atoms with Crippen LogP contribution in [-0.4, -0.2) is 0 Å². The van der Waals surface area contributed by atoms with Gasteiger partial charge in [-0.1, -0.05) is 140 Å². The summed E-state index contributed by atoms with van der Waals surface area (Å²) < 4.78 is 12.7. The molecule has 0 fully saturated rings. The van der Waals surface area contributed by atoms with Crippen molar-refractivity contribution in [2.45, 2.75) is 0 Å². The number of fused-ring (bicyclic) bond motifs is 6. The molecule has 1 aliphatic rings. The smallest absolute Gasteiger partial charge is 0.170 e. The fourth-order valence-corrected chi connectivity index (χ4v) is 7.37. The second kappa shape index (κ2) is 10.6. The van der Waals surface area contributed by atoms with Crippen LogP contribution in [0.2, 0.25) is 0 Å². The van der Waals surface area contributed by atoms with Gasteiger partial charge in [-0.05, 0) is 107 Å². The highest BCUT2D eigenvalue weighted by Gasteiger charge is 2.21. The zero-order valence-electron chi connectivity index (χ0n) is 26.0. The van der Waals surface area contributed by atoms with Gasteiger partial charge in [0.1, 0.15) is 0 Å². The zero-order valence-corrected chi connectivity index (χ0v) is 26.0. The molecule has 224 valence electrons. The van der Waals surface area contributed by atoms with Crippen molar-refractivity contribution >= 4 is 43.1 Å². The lowest BCUT2D eigenvalue weighted by Crippen LogP contribution is -1.99. The summed E-state index contributed by atoms with van der Waals surface area (Å²) in [7, 11) is 0. The maximum Gasteiger partial charge on any atom is 0.170 e. The number of ether oxygens (including phenoxy) is 2. The summed E-state index contributed by atoms with van der Waals surface area (Å²) in [6.07, 6.45) is 0. The highest BCUT2D eigenvalue weighted by atomic mass is 16.6. The second-order valence-corrected chi connectivity index (χ2v) is 12.5. The Bertz CT molecular complexity index is 2660. The van der Waals surface area contributed by atoms with Crippen molar-refractivity contribution in [2.24, 2.45) is 0 Å². The van der Waals surface area contributed by atoms with Crippen LogP contribution in [0, 0.1) is 0 Å². The molecule has 0 saturated carbocycles. The molecular formula is C46H28O2. The fourth-order valence-electron chi connectivity index (χ4n) is 7.37. The van der Waals surface area contributed by atoms with Crippen LogP contribution in [0.5, 0.6) is 23.0 Å². The molecular weight excluding hydrogens is 585 g/mol. The summed E-state index contributed by atoms with van der Waals surface area (Å²) >= 11 is 0. The summed E-state index contributed by atoms with van der Waals surface area (Å²) in [5, 5.41) is 9.76. The Labute approximate surface area is 278 Å². The second-order valence-electron chi connectivity index (χ2n) is 12.5. The average Bonchev–Trinajstić information content (AvgIpc) is 3.15. The molecule has 0 unspecified atom stereocenters. The van der Waals surface area contributed by atoms with Crippen molar-refractivity contribution in [1.82, 2.24) is 0 Å². The summed E-state index contributed by atoms with van der Waals surface area (Å²) in [5.41, 5.74) is 7.15. The SMILES string of the molecule is c1ccc2cc(-c3c4ccccc4c(-c4ccc(-c5ccc6c(c5)Oc5cc7ccccc7cc5O6)cc4)c4ccccc34)ccc2c1. The monoisotopic (exact) mass is 612 g/mol. The molecule has 2 heteroatoms. The summed E-state index contributed by atoms with van der Waals surface area (Å²) in [4.78, 5) is 0. The van der Waals surface area contributed by atoms with Crippen LogP contribution in [-0.2, 0) is 0 Å². The quantitative estimate of drug-likeness (QED) is 0.185. The number of benzene rings is 9. The van der Waals surface area contributed by atoms with Crippen LogP contribution >= 0.6 is 0 Å². The first kappa shape index (κ1) is 26.8. The van der Waals surface area contributed by atoms with Crippen molar-refractivity contribution in [3.05, 3.63) is 170 Å². The number of hydrogen-bond donors (Lipinski definition) is 0. The number of hydrogen-bond acceptors (Lipinski definition) is 2. The maximum absolute atomic E-state index is 6.38. The molecule has 2 nitrogen and oxygen atoms in total.